The molecule has 94 valence electrons. The summed E-state index contributed by atoms with van der Waals surface area (Å²) < 4.78 is 0. The molecule has 0 aliphatic rings. The van der Waals surface area contributed by atoms with Crippen molar-refractivity contribution in [2.75, 3.05) is 0 Å². The second-order valence-electron chi connectivity index (χ2n) is 4.32. The molecule has 0 bridgehead atoms. The van der Waals surface area contributed by atoms with E-state index >= 15 is 0 Å². The van der Waals surface area contributed by atoms with Crippen molar-refractivity contribution in [1.29, 1.82) is 0 Å². The first-order valence-corrected chi connectivity index (χ1v) is 6.12. The number of rotatable bonds is 3. The molecule has 4 nitrogen and oxygen atoms in total. The van der Waals surface area contributed by atoms with Crippen LogP contribution in [0.25, 0.3) is 10.9 Å². The van der Waals surface area contributed by atoms with Gasteiger partial charge in [0, 0.05) is 29.9 Å². The van der Waals surface area contributed by atoms with Crippen LogP contribution < -0.4 is 0 Å². The van der Waals surface area contributed by atoms with Crippen LogP contribution >= 0.6 is 0 Å². The Hall–Kier alpha value is -2.33. The molecule has 0 aliphatic carbocycles. The largest absolute Gasteiger partial charge is 0.385 e. The lowest BCUT2D eigenvalue weighted by molar-refractivity contribution is 0.167. The highest BCUT2D eigenvalue weighted by atomic mass is 16.3. The lowest BCUT2D eigenvalue weighted by atomic mass is 10.1. The molecule has 0 amide bonds. The number of aliphatic hydroxyl groups excluding tert-OH is 1. The molecule has 19 heavy (non-hydrogen) atoms. The summed E-state index contributed by atoms with van der Waals surface area (Å²) in [4.78, 5) is 12.6. The van der Waals surface area contributed by atoms with Crippen LogP contribution in [0.15, 0.2) is 54.9 Å². The Morgan fingerprint density at radius 3 is 2.58 bits per heavy atom. The van der Waals surface area contributed by atoms with Crippen molar-refractivity contribution in [1.82, 2.24) is 15.0 Å². The summed E-state index contributed by atoms with van der Waals surface area (Å²) in [6.45, 7) is 0. The lowest BCUT2D eigenvalue weighted by Crippen LogP contribution is -2.07. The summed E-state index contributed by atoms with van der Waals surface area (Å²) in [6, 6.07) is 13.6. The molecule has 3 aromatic rings. The molecule has 4 heteroatoms. The zero-order valence-electron chi connectivity index (χ0n) is 10.3. The Balaban J connectivity index is 1.85. The third-order valence-electron chi connectivity index (χ3n) is 2.94. The van der Waals surface area contributed by atoms with Crippen molar-refractivity contribution >= 4 is 10.9 Å². The summed E-state index contributed by atoms with van der Waals surface area (Å²) in [5, 5.41) is 11.2. The van der Waals surface area contributed by atoms with E-state index in [2.05, 4.69) is 15.0 Å². The summed E-state index contributed by atoms with van der Waals surface area (Å²) in [5.74, 6) is 0.428. The molecule has 0 saturated heterocycles. The van der Waals surface area contributed by atoms with Gasteiger partial charge in [-0.1, -0.05) is 24.3 Å². The average molecular weight is 251 g/mol. The molecular weight excluding hydrogens is 238 g/mol. The molecule has 1 N–H and O–H groups in total. The number of fused-ring (bicyclic) bond motifs is 1. The molecular formula is C15H13N3O. The number of para-hydroxylation sites is 1. The Labute approximate surface area is 110 Å². The van der Waals surface area contributed by atoms with Crippen molar-refractivity contribution in [2.24, 2.45) is 0 Å². The summed E-state index contributed by atoms with van der Waals surface area (Å²) in [5.41, 5.74) is 1.76. The SMILES string of the molecule is OC(Cc1ccc2ccccc2n1)c1ncccn1. The second kappa shape index (κ2) is 5.12. The van der Waals surface area contributed by atoms with Crippen LogP contribution in [-0.4, -0.2) is 20.1 Å². The third kappa shape index (κ3) is 2.58. The van der Waals surface area contributed by atoms with E-state index in [4.69, 9.17) is 0 Å². The quantitative estimate of drug-likeness (QED) is 0.776. The fourth-order valence-electron chi connectivity index (χ4n) is 1.99. The highest BCUT2D eigenvalue weighted by molar-refractivity contribution is 5.78. The van der Waals surface area contributed by atoms with E-state index in [9.17, 15) is 5.11 Å². The maximum atomic E-state index is 10.1. The highest BCUT2D eigenvalue weighted by Crippen LogP contribution is 2.16. The van der Waals surface area contributed by atoms with Crippen LogP contribution in [0.3, 0.4) is 0 Å². The van der Waals surface area contributed by atoms with Gasteiger partial charge in [0.25, 0.3) is 0 Å². The Bertz CT molecular complexity index is 685. The molecule has 1 aromatic carbocycles. The first-order chi connectivity index (χ1) is 9.33. The first kappa shape index (κ1) is 11.7. The number of aliphatic hydroxyl groups is 1. The number of nitrogens with zero attached hydrogens (tertiary/aromatic N) is 3. The van der Waals surface area contributed by atoms with Crippen LogP contribution in [0.4, 0.5) is 0 Å². The number of hydrogen-bond acceptors (Lipinski definition) is 4. The van der Waals surface area contributed by atoms with E-state index in [1.807, 2.05) is 36.4 Å². The van der Waals surface area contributed by atoms with Crippen molar-refractivity contribution in [2.45, 2.75) is 12.5 Å². The van der Waals surface area contributed by atoms with Crippen LogP contribution in [0.5, 0.6) is 0 Å². The Morgan fingerprint density at radius 2 is 1.74 bits per heavy atom. The number of aromatic nitrogens is 3. The van der Waals surface area contributed by atoms with Gasteiger partial charge in [-0.2, -0.15) is 0 Å². The Morgan fingerprint density at radius 1 is 0.947 bits per heavy atom. The van der Waals surface area contributed by atoms with Crippen LogP contribution in [-0.2, 0) is 6.42 Å². The van der Waals surface area contributed by atoms with Crippen LogP contribution in [0.2, 0.25) is 0 Å². The van der Waals surface area contributed by atoms with Crippen molar-refractivity contribution < 1.29 is 5.11 Å². The Kier molecular flexibility index (Phi) is 3.16. The molecule has 1 atom stereocenters. The van der Waals surface area contributed by atoms with Gasteiger partial charge < -0.3 is 5.11 Å². The van der Waals surface area contributed by atoms with Gasteiger partial charge in [0.1, 0.15) is 6.10 Å². The molecule has 3 rings (SSSR count). The first-order valence-electron chi connectivity index (χ1n) is 6.12. The fraction of sp³-hybridized carbons (Fsp3) is 0.133. The van der Waals surface area contributed by atoms with Gasteiger partial charge in [0.15, 0.2) is 5.82 Å². The number of pyridine rings is 1. The van der Waals surface area contributed by atoms with Gasteiger partial charge in [0.2, 0.25) is 0 Å². The zero-order valence-corrected chi connectivity index (χ0v) is 10.3. The van der Waals surface area contributed by atoms with Gasteiger partial charge in [-0.05, 0) is 18.2 Å². The lowest BCUT2D eigenvalue weighted by Gasteiger charge is -2.08. The third-order valence-corrected chi connectivity index (χ3v) is 2.94. The number of benzene rings is 1. The van der Waals surface area contributed by atoms with Crippen LogP contribution in [0, 0.1) is 0 Å². The molecule has 0 fully saturated rings. The molecule has 0 spiro atoms. The number of hydrogen-bond donors (Lipinski definition) is 1. The van der Waals surface area contributed by atoms with E-state index in [-0.39, 0.29) is 0 Å². The smallest absolute Gasteiger partial charge is 0.157 e. The van der Waals surface area contributed by atoms with Gasteiger partial charge in [-0.25, -0.2) is 9.97 Å². The van der Waals surface area contributed by atoms with E-state index < -0.39 is 6.10 Å². The minimum absolute atomic E-state index is 0.412. The molecule has 1 unspecified atom stereocenters. The monoisotopic (exact) mass is 251 g/mol. The maximum Gasteiger partial charge on any atom is 0.157 e. The normalized spacial score (nSPS) is 12.5. The van der Waals surface area contributed by atoms with Gasteiger partial charge in [0.05, 0.1) is 5.52 Å². The molecule has 0 aliphatic heterocycles. The molecule has 0 saturated carbocycles. The van der Waals surface area contributed by atoms with E-state index in [1.165, 1.54) is 0 Å². The highest BCUT2D eigenvalue weighted by Gasteiger charge is 2.12. The van der Waals surface area contributed by atoms with Crippen molar-refractivity contribution in [3.8, 4) is 0 Å². The van der Waals surface area contributed by atoms with E-state index in [1.54, 1.807) is 18.5 Å². The van der Waals surface area contributed by atoms with Crippen molar-refractivity contribution in [3.63, 3.8) is 0 Å². The predicted molar refractivity (Wildman–Crippen MR) is 72.4 cm³/mol. The van der Waals surface area contributed by atoms with E-state index in [0.29, 0.717) is 12.2 Å². The molecule has 0 radical (unpaired) electrons. The minimum Gasteiger partial charge on any atom is -0.385 e. The van der Waals surface area contributed by atoms with Gasteiger partial charge in [-0.15, -0.1) is 0 Å². The average Bonchev–Trinajstić information content (AvgIpc) is 2.48. The standard InChI is InChI=1S/C15H13N3O/c19-14(15-16-8-3-9-17-15)10-12-7-6-11-4-1-2-5-13(11)18-12/h1-9,14,19H,10H2. The molecule has 2 heterocycles. The minimum atomic E-state index is -0.727. The second-order valence-corrected chi connectivity index (χ2v) is 4.32. The predicted octanol–water partition coefficient (Wildman–Crippen LogP) is 2.30. The van der Waals surface area contributed by atoms with Gasteiger partial charge >= 0.3 is 0 Å². The maximum absolute atomic E-state index is 10.1. The zero-order chi connectivity index (χ0) is 13.1. The topological polar surface area (TPSA) is 58.9 Å². The van der Waals surface area contributed by atoms with Gasteiger partial charge in [-0.3, -0.25) is 4.98 Å². The van der Waals surface area contributed by atoms with Crippen molar-refractivity contribution in [3.05, 3.63) is 66.4 Å². The van der Waals surface area contributed by atoms with Crippen LogP contribution in [0.1, 0.15) is 17.6 Å². The summed E-state index contributed by atoms with van der Waals surface area (Å²) in [6.07, 6.45) is 2.93. The molecule has 2 aromatic heterocycles. The fourth-order valence-corrected chi connectivity index (χ4v) is 1.99. The summed E-state index contributed by atoms with van der Waals surface area (Å²) in [7, 11) is 0. The van der Waals surface area contributed by atoms with E-state index in [0.717, 1.165) is 16.6 Å². The summed E-state index contributed by atoms with van der Waals surface area (Å²) >= 11 is 0.